The van der Waals surface area contributed by atoms with Crippen LogP contribution in [0.4, 0.5) is 8.78 Å². The average molecular weight is 282 g/mol. The van der Waals surface area contributed by atoms with Crippen molar-refractivity contribution >= 4 is 23.3 Å². The monoisotopic (exact) mass is 282 g/mol. The molecule has 3 rings (SSSR count). The number of halogens is 2. The van der Waals surface area contributed by atoms with Crippen molar-refractivity contribution in [2.45, 2.75) is 13.5 Å². The summed E-state index contributed by atoms with van der Waals surface area (Å²) in [7, 11) is 0. The molecule has 0 fully saturated rings. The summed E-state index contributed by atoms with van der Waals surface area (Å²) in [4.78, 5) is 6.73. The Labute approximate surface area is 110 Å². The van der Waals surface area contributed by atoms with Crippen LogP contribution < -0.4 is 0 Å². The highest BCUT2D eigenvalue weighted by molar-refractivity contribution is 7.71. The van der Waals surface area contributed by atoms with E-state index in [1.165, 1.54) is 10.6 Å². The summed E-state index contributed by atoms with van der Waals surface area (Å²) in [5.74, 6) is -0.556. The van der Waals surface area contributed by atoms with Gasteiger partial charge >= 0.3 is 0 Å². The van der Waals surface area contributed by atoms with E-state index in [-0.39, 0.29) is 16.8 Å². The Hall–Kier alpha value is -2.09. The van der Waals surface area contributed by atoms with E-state index in [9.17, 15) is 8.78 Å². The second-order valence-electron chi connectivity index (χ2n) is 4.03. The first-order valence-electron chi connectivity index (χ1n) is 5.41. The Morgan fingerprint density at radius 2 is 2.21 bits per heavy atom. The van der Waals surface area contributed by atoms with Crippen molar-refractivity contribution < 1.29 is 13.3 Å². The number of H-pyrrole nitrogens is 1. The van der Waals surface area contributed by atoms with E-state index in [1.807, 2.05) is 0 Å². The molecule has 5 nitrogen and oxygen atoms in total. The Morgan fingerprint density at radius 1 is 1.42 bits per heavy atom. The van der Waals surface area contributed by atoms with E-state index >= 15 is 0 Å². The third-order valence-electron chi connectivity index (χ3n) is 2.67. The lowest BCUT2D eigenvalue weighted by molar-refractivity contribution is 0.386. The fourth-order valence-electron chi connectivity index (χ4n) is 1.88. The maximum absolute atomic E-state index is 13.6. The van der Waals surface area contributed by atoms with Crippen LogP contribution in [0, 0.1) is 23.3 Å². The van der Waals surface area contributed by atoms with Crippen LogP contribution in [0.2, 0.25) is 0 Å². The van der Waals surface area contributed by atoms with Crippen LogP contribution in [0.25, 0.3) is 11.0 Å². The zero-order valence-electron chi connectivity index (χ0n) is 9.78. The first-order valence-corrected chi connectivity index (χ1v) is 5.82. The fraction of sp³-hybridized carbons (Fsp3) is 0.182. The van der Waals surface area contributed by atoms with Gasteiger partial charge in [-0.2, -0.15) is 4.98 Å². The number of fused-ring (bicyclic) bond motifs is 1. The summed E-state index contributed by atoms with van der Waals surface area (Å²) >= 11 is 5.09. The summed E-state index contributed by atoms with van der Waals surface area (Å²) in [6, 6.07) is 2.01. The quantitative estimate of drug-likeness (QED) is 0.734. The molecule has 0 bridgehead atoms. The van der Waals surface area contributed by atoms with Crippen LogP contribution in [0.15, 0.2) is 16.7 Å². The van der Waals surface area contributed by atoms with Crippen molar-refractivity contribution in [2.75, 3.05) is 0 Å². The number of aromatic nitrogens is 4. The van der Waals surface area contributed by atoms with Crippen molar-refractivity contribution in [3.8, 4) is 0 Å². The van der Waals surface area contributed by atoms with Gasteiger partial charge in [0.15, 0.2) is 16.4 Å². The maximum Gasteiger partial charge on any atom is 0.223 e. The van der Waals surface area contributed by atoms with Gasteiger partial charge in [0, 0.05) is 13.0 Å². The Morgan fingerprint density at radius 3 is 2.89 bits per heavy atom. The molecule has 0 aliphatic heterocycles. The maximum atomic E-state index is 13.6. The lowest BCUT2D eigenvalue weighted by Crippen LogP contribution is -2.01. The highest BCUT2D eigenvalue weighted by atomic mass is 32.1. The molecule has 19 heavy (non-hydrogen) atoms. The topological polar surface area (TPSA) is 59.6 Å². The molecule has 1 N–H and O–H groups in total. The molecule has 1 aromatic carbocycles. The van der Waals surface area contributed by atoms with Gasteiger partial charge in [0.2, 0.25) is 5.89 Å². The summed E-state index contributed by atoms with van der Waals surface area (Å²) in [5.41, 5.74) is 0.483. The molecule has 0 radical (unpaired) electrons. The molecule has 0 spiro atoms. The molecule has 0 amide bonds. The molecule has 0 aliphatic rings. The van der Waals surface area contributed by atoms with Crippen LogP contribution in [0.5, 0.6) is 0 Å². The first kappa shape index (κ1) is 12.0. The number of nitrogens with zero attached hydrogens (tertiary/aromatic N) is 3. The fourth-order valence-corrected chi connectivity index (χ4v) is 2.15. The Bertz CT molecular complexity index is 820. The second-order valence-corrected chi connectivity index (χ2v) is 4.41. The van der Waals surface area contributed by atoms with E-state index in [4.69, 9.17) is 16.7 Å². The summed E-state index contributed by atoms with van der Waals surface area (Å²) < 4.78 is 33.5. The third-order valence-corrected chi connectivity index (χ3v) is 2.99. The first-order chi connectivity index (χ1) is 9.04. The number of aromatic amines is 1. The van der Waals surface area contributed by atoms with Crippen molar-refractivity contribution in [1.82, 2.24) is 19.7 Å². The summed E-state index contributed by atoms with van der Waals surface area (Å²) in [5, 5.41) is 3.73. The third kappa shape index (κ3) is 2.03. The van der Waals surface area contributed by atoms with Crippen LogP contribution in [-0.2, 0) is 6.54 Å². The summed E-state index contributed by atoms with van der Waals surface area (Å²) in [6.45, 7) is 1.84. The lowest BCUT2D eigenvalue weighted by Gasteiger charge is -2.00. The number of hydrogen-bond donors (Lipinski definition) is 1. The van der Waals surface area contributed by atoms with E-state index in [0.717, 1.165) is 6.07 Å². The molecule has 3 aromatic rings. The molecule has 2 aromatic heterocycles. The van der Waals surface area contributed by atoms with Gasteiger partial charge in [0.05, 0.1) is 12.1 Å². The van der Waals surface area contributed by atoms with Crippen molar-refractivity contribution in [3.05, 3.63) is 40.3 Å². The molecule has 0 saturated carbocycles. The minimum atomic E-state index is -0.691. The summed E-state index contributed by atoms with van der Waals surface area (Å²) in [6.07, 6.45) is 0. The number of nitrogens with one attached hydrogen (secondary N) is 1. The number of benzene rings is 1. The van der Waals surface area contributed by atoms with Gasteiger partial charge in [-0.15, -0.1) is 0 Å². The molecule has 0 unspecified atom stereocenters. The molecule has 98 valence electrons. The molecule has 0 aliphatic carbocycles. The average Bonchev–Trinajstić information content (AvgIpc) is 2.87. The predicted molar refractivity (Wildman–Crippen MR) is 65.2 cm³/mol. The minimum absolute atomic E-state index is 0.159. The smallest absolute Gasteiger partial charge is 0.223 e. The molecule has 8 heteroatoms. The van der Waals surface area contributed by atoms with Gasteiger partial charge in [0.1, 0.15) is 11.3 Å². The van der Waals surface area contributed by atoms with Crippen LogP contribution in [0.1, 0.15) is 11.7 Å². The lowest BCUT2D eigenvalue weighted by atomic mass is 10.3. The van der Waals surface area contributed by atoms with Crippen LogP contribution >= 0.6 is 12.2 Å². The standard InChI is InChI=1S/C11H8F2N4OS/c1-5-14-9(16-18-5)4-17-8-3-6(12)2-7(13)10(8)15-11(17)19/h2-3H,4H2,1H3,(H,15,19). The van der Waals surface area contributed by atoms with Gasteiger partial charge in [-0.1, -0.05) is 5.16 Å². The minimum Gasteiger partial charge on any atom is -0.340 e. The molecule has 0 atom stereocenters. The van der Waals surface area contributed by atoms with Crippen LogP contribution in [-0.4, -0.2) is 19.7 Å². The molecule has 2 heterocycles. The number of hydrogen-bond acceptors (Lipinski definition) is 4. The van der Waals surface area contributed by atoms with Crippen molar-refractivity contribution in [3.63, 3.8) is 0 Å². The Kier molecular flexibility index (Phi) is 2.67. The predicted octanol–water partition coefficient (Wildman–Crippen LogP) is 2.72. The van der Waals surface area contributed by atoms with Gasteiger partial charge in [-0.25, -0.2) is 8.78 Å². The second kappa shape index (κ2) is 4.23. The SMILES string of the molecule is Cc1nc(Cn2c(=S)[nH]c3c(F)cc(F)cc32)no1. The van der Waals surface area contributed by atoms with Gasteiger partial charge in [0.25, 0.3) is 0 Å². The van der Waals surface area contributed by atoms with E-state index in [2.05, 4.69) is 15.1 Å². The number of rotatable bonds is 2. The highest BCUT2D eigenvalue weighted by Crippen LogP contribution is 2.20. The van der Waals surface area contributed by atoms with Gasteiger partial charge in [-0.3, -0.25) is 0 Å². The van der Waals surface area contributed by atoms with E-state index < -0.39 is 11.6 Å². The number of aryl methyl sites for hydroxylation is 1. The highest BCUT2D eigenvalue weighted by Gasteiger charge is 2.13. The van der Waals surface area contributed by atoms with Gasteiger partial charge in [-0.05, 0) is 18.3 Å². The number of imidazole rings is 1. The van der Waals surface area contributed by atoms with Crippen molar-refractivity contribution in [1.29, 1.82) is 0 Å². The normalized spacial score (nSPS) is 11.3. The molecular formula is C11H8F2N4OS. The Balaban J connectivity index is 2.18. The van der Waals surface area contributed by atoms with E-state index in [0.29, 0.717) is 17.2 Å². The molecular weight excluding hydrogens is 274 g/mol. The van der Waals surface area contributed by atoms with Crippen LogP contribution in [0.3, 0.4) is 0 Å². The van der Waals surface area contributed by atoms with Crippen molar-refractivity contribution in [2.24, 2.45) is 0 Å². The zero-order chi connectivity index (χ0) is 13.6. The molecule has 0 saturated heterocycles. The van der Waals surface area contributed by atoms with E-state index in [1.54, 1.807) is 6.92 Å². The zero-order valence-corrected chi connectivity index (χ0v) is 10.6. The largest absolute Gasteiger partial charge is 0.340 e. The van der Waals surface area contributed by atoms with Gasteiger partial charge < -0.3 is 14.1 Å².